The van der Waals surface area contributed by atoms with Gasteiger partial charge in [-0.25, -0.2) is 0 Å². The van der Waals surface area contributed by atoms with Gasteiger partial charge in [0, 0.05) is 30.7 Å². The van der Waals surface area contributed by atoms with Crippen LogP contribution in [-0.2, 0) is 10.2 Å². The third kappa shape index (κ3) is 3.70. The number of allylic oxidation sites excluding steroid dienone is 1. The maximum atomic E-state index is 13.0. The number of piperidine rings is 1. The molecule has 1 aliphatic carbocycles. The van der Waals surface area contributed by atoms with Crippen LogP contribution in [0.2, 0.25) is 0 Å². The zero-order valence-corrected chi connectivity index (χ0v) is 17.6. The molecule has 0 bridgehead atoms. The number of carbonyl (C=O) groups is 1. The number of fused-ring (bicyclic) bond motifs is 2. The van der Waals surface area contributed by atoms with Crippen molar-refractivity contribution in [1.82, 2.24) is 10.2 Å². The quantitative estimate of drug-likeness (QED) is 0.802. The van der Waals surface area contributed by atoms with E-state index in [-0.39, 0.29) is 17.2 Å². The molecule has 3 aliphatic rings. The molecule has 5 rings (SSSR count). The lowest BCUT2D eigenvalue weighted by Crippen LogP contribution is -2.52. The van der Waals surface area contributed by atoms with Gasteiger partial charge in [-0.05, 0) is 62.2 Å². The Morgan fingerprint density at radius 2 is 1.77 bits per heavy atom. The van der Waals surface area contributed by atoms with Crippen LogP contribution in [0.25, 0.3) is 6.08 Å². The first-order valence-electron chi connectivity index (χ1n) is 11.3. The number of hydrogen-bond acceptors (Lipinski definition) is 3. The zero-order chi connectivity index (χ0) is 20.4. The summed E-state index contributed by atoms with van der Waals surface area (Å²) in [6, 6.07) is 19.0. The van der Waals surface area contributed by atoms with Gasteiger partial charge in [0.15, 0.2) is 0 Å². The number of anilines is 1. The van der Waals surface area contributed by atoms with Crippen molar-refractivity contribution in [3.05, 3.63) is 71.8 Å². The maximum absolute atomic E-state index is 13.0. The van der Waals surface area contributed by atoms with Crippen LogP contribution < -0.4 is 10.2 Å². The minimum atomic E-state index is 0.134. The number of nitrogens with zero attached hydrogens (tertiary/aromatic N) is 2. The van der Waals surface area contributed by atoms with E-state index >= 15 is 0 Å². The van der Waals surface area contributed by atoms with Gasteiger partial charge in [0.25, 0.3) is 0 Å². The minimum Gasteiger partial charge on any atom is -0.315 e. The molecule has 2 heterocycles. The summed E-state index contributed by atoms with van der Waals surface area (Å²) in [5.74, 6) is 0.402. The molecule has 2 fully saturated rings. The van der Waals surface area contributed by atoms with Crippen LogP contribution in [0.15, 0.2) is 60.7 Å². The van der Waals surface area contributed by atoms with Gasteiger partial charge in [0.2, 0.25) is 5.91 Å². The molecule has 1 N–H and O–H groups in total. The SMILES string of the molecule is O=C(C1CNC1)N(CCCN1CCC2(C=Cc3ccccc32)CC1)c1ccccc1. The summed E-state index contributed by atoms with van der Waals surface area (Å²) in [7, 11) is 0. The van der Waals surface area contributed by atoms with Crippen molar-refractivity contribution in [2.24, 2.45) is 5.92 Å². The normalized spacial score (nSPS) is 20.1. The number of amides is 1. The molecule has 4 nitrogen and oxygen atoms in total. The van der Waals surface area contributed by atoms with Crippen molar-refractivity contribution < 1.29 is 4.79 Å². The molecule has 2 aromatic rings. The first-order valence-corrected chi connectivity index (χ1v) is 11.3. The fourth-order valence-electron chi connectivity index (χ4n) is 5.16. The standard InChI is InChI=1S/C26H31N3O/c30-25(22-19-27-20-22)29(23-8-2-1-3-9-23)16-6-15-28-17-13-26(14-18-28)12-11-21-7-4-5-10-24(21)26/h1-5,7-12,22,27H,6,13-20H2. The van der Waals surface area contributed by atoms with Crippen LogP contribution in [0.1, 0.15) is 30.4 Å². The number of benzene rings is 2. The number of hydrogen-bond donors (Lipinski definition) is 1. The number of likely N-dealkylation sites (tertiary alicyclic amines) is 1. The predicted octanol–water partition coefficient (Wildman–Crippen LogP) is 3.69. The van der Waals surface area contributed by atoms with Gasteiger partial charge in [0.1, 0.15) is 0 Å². The van der Waals surface area contributed by atoms with E-state index in [9.17, 15) is 4.79 Å². The van der Waals surface area contributed by atoms with Crippen LogP contribution in [0.3, 0.4) is 0 Å². The molecule has 1 spiro atoms. The Labute approximate surface area is 179 Å². The summed E-state index contributed by atoms with van der Waals surface area (Å²) in [6.45, 7) is 5.73. The van der Waals surface area contributed by atoms with Crippen molar-refractivity contribution in [3.63, 3.8) is 0 Å². The molecular weight excluding hydrogens is 370 g/mol. The van der Waals surface area contributed by atoms with E-state index in [0.29, 0.717) is 0 Å². The highest BCUT2D eigenvalue weighted by atomic mass is 16.2. The van der Waals surface area contributed by atoms with Crippen molar-refractivity contribution in [2.75, 3.05) is 44.2 Å². The molecule has 0 aromatic heterocycles. The van der Waals surface area contributed by atoms with Gasteiger partial charge >= 0.3 is 0 Å². The van der Waals surface area contributed by atoms with E-state index in [4.69, 9.17) is 0 Å². The van der Waals surface area contributed by atoms with E-state index in [0.717, 1.165) is 51.4 Å². The highest BCUT2D eigenvalue weighted by Crippen LogP contribution is 2.43. The van der Waals surface area contributed by atoms with E-state index in [1.807, 2.05) is 23.1 Å². The molecule has 156 valence electrons. The molecule has 30 heavy (non-hydrogen) atoms. The summed E-state index contributed by atoms with van der Waals surface area (Å²) < 4.78 is 0. The molecule has 1 amide bonds. The third-order valence-corrected chi connectivity index (χ3v) is 7.15. The molecule has 0 radical (unpaired) electrons. The topological polar surface area (TPSA) is 35.6 Å². The number of rotatable bonds is 6. The monoisotopic (exact) mass is 401 g/mol. The second kappa shape index (κ2) is 8.37. The van der Waals surface area contributed by atoms with Gasteiger partial charge in [-0.1, -0.05) is 54.6 Å². The van der Waals surface area contributed by atoms with E-state index in [2.05, 4.69) is 58.8 Å². The average Bonchev–Trinajstić information content (AvgIpc) is 3.10. The maximum Gasteiger partial charge on any atom is 0.232 e. The van der Waals surface area contributed by atoms with Gasteiger partial charge < -0.3 is 15.1 Å². The summed E-state index contributed by atoms with van der Waals surface area (Å²) >= 11 is 0. The van der Waals surface area contributed by atoms with Crippen molar-refractivity contribution in [3.8, 4) is 0 Å². The lowest BCUT2D eigenvalue weighted by atomic mass is 9.74. The smallest absolute Gasteiger partial charge is 0.232 e. The molecule has 2 aromatic carbocycles. The van der Waals surface area contributed by atoms with Crippen molar-refractivity contribution in [1.29, 1.82) is 0 Å². The lowest BCUT2D eigenvalue weighted by Gasteiger charge is -2.39. The summed E-state index contributed by atoms with van der Waals surface area (Å²) in [4.78, 5) is 17.5. The fraction of sp³-hybridized carbons (Fsp3) is 0.423. The van der Waals surface area contributed by atoms with Gasteiger partial charge in [-0.3, -0.25) is 4.79 Å². The molecule has 0 unspecified atom stereocenters. The Morgan fingerprint density at radius 1 is 1.03 bits per heavy atom. The molecule has 2 saturated heterocycles. The molecule has 2 aliphatic heterocycles. The third-order valence-electron chi connectivity index (χ3n) is 7.15. The Balaban J connectivity index is 1.17. The fourth-order valence-corrected chi connectivity index (χ4v) is 5.16. The molecule has 0 saturated carbocycles. The Hall–Kier alpha value is -2.43. The van der Waals surface area contributed by atoms with E-state index in [1.165, 1.54) is 24.0 Å². The average molecular weight is 402 g/mol. The van der Waals surface area contributed by atoms with E-state index < -0.39 is 0 Å². The highest BCUT2D eigenvalue weighted by molar-refractivity contribution is 5.95. The first kappa shape index (κ1) is 19.5. The molecule has 4 heteroatoms. The van der Waals surface area contributed by atoms with Crippen LogP contribution in [0.4, 0.5) is 5.69 Å². The Bertz CT molecular complexity index is 911. The second-order valence-electron chi connectivity index (χ2n) is 8.95. The van der Waals surface area contributed by atoms with Crippen LogP contribution in [0.5, 0.6) is 0 Å². The molecule has 0 atom stereocenters. The summed E-state index contributed by atoms with van der Waals surface area (Å²) in [5.41, 5.74) is 4.18. The van der Waals surface area contributed by atoms with Gasteiger partial charge in [-0.15, -0.1) is 0 Å². The minimum absolute atomic E-state index is 0.134. The Morgan fingerprint density at radius 3 is 2.50 bits per heavy atom. The largest absolute Gasteiger partial charge is 0.315 e. The zero-order valence-electron chi connectivity index (χ0n) is 17.6. The number of carbonyl (C=O) groups excluding carboxylic acids is 1. The lowest BCUT2D eigenvalue weighted by molar-refractivity contribution is -0.123. The second-order valence-corrected chi connectivity index (χ2v) is 8.95. The highest BCUT2D eigenvalue weighted by Gasteiger charge is 2.37. The van der Waals surface area contributed by atoms with Crippen LogP contribution in [0, 0.1) is 5.92 Å². The predicted molar refractivity (Wildman–Crippen MR) is 123 cm³/mol. The van der Waals surface area contributed by atoms with E-state index in [1.54, 1.807) is 0 Å². The first-order chi connectivity index (χ1) is 14.8. The van der Waals surface area contributed by atoms with Crippen LogP contribution in [-0.4, -0.2) is 50.1 Å². The van der Waals surface area contributed by atoms with Crippen LogP contribution >= 0.6 is 0 Å². The van der Waals surface area contributed by atoms with Crippen molar-refractivity contribution >= 4 is 17.7 Å². The summed E-state index contributed by atoms with van der Waals surface area (Å²) in [6.07, 6.45) is 8.15. The Kier molecular flexibility index (Phi) is 5.45. The number of para-hydroxylation sites is 1. The summed E-state index contributed by atoms with van der Waals surface area (Å²) in [5, 5.41) is 3.23. The number of nitrogens with one attached hydrogen (secondary N) is 1. The molecular formula is C26H31N3O. The van der Waals surface area contributed by atoms with Gasteiger partial charge in [-0.2, -0.15) is 0 Å². The van der Waals surface area contributed by atoms with Crippen molar-refractivity contribution in [2.45, 2.75) is 24.7 Å². The van der Waals surface area contributed by atoms with Gasteiger partial charge in [0.05, 0.1) is 5.92 Å².